The first-order valence-corrected chi connectivity index (χ1v) is 13.3. The Hall–Kier alpha value is -1.61. The fourth-order valence-corrected chi connectivity index (χ4v) is 6.40. The SMILES string of the molecule is CCOc1ccc(S(=O)(=O)N2CCCC(C(=O)Nc3c(C)cc(Br)cc3CC)C2)cc1Cl. The van der Waals surface area contributed by atoms with Crippen molar-refractivity contribution in [1.29, 1.82) is 0 Å². The number of hydrogen-bond acceptors (Lipinski definition) is 4. The number of ether oxygens (including phenoxy) is 1. The molecule has 1 fully saturated rings. The van der Waals surface area contributed by atoms with Gasteiger partial charge in [0.2, 0.25) is 15.9 Å². The second-order valence-corrected chi connectivity index (χ2v) is 11.1. The van der Waals surface area contributed by atoms with Crippen LogP contribution in [-0.2, 0) is 21.2 Å². The van der Waals surface area contributed by atoms with Crippen molar-refractivity contribution in [1.82, 2.24) is 4.31 Å². The molecule has 1 unspecified atom stereocenters. The summed E-state index contributed by atoms with van der Waals surface area (Å²) in [7, 11) is -3.78. The number of anilines is 1. The molecule has 1 amide bonds. The van der Waals surface area contributed by atoms with Gasteiger partial charge in [-0.25, -0.2) is 8.42 Å². The molecule has 9 heteroatoms. The quantitative estimate of drug-likeness (QED) is 0.507. The van der Waals surface area contributed by atoms with Crippen LogP contribution in [0.15, 0.2) is 39.7 Å². The van der Waals surface area contributed by atoms with Crippen molar-refractivity contribution in [3.63, 3.8) is 0 Å². The molecule has 0 radical (unpaired) electrons. The highest BCUT2D eigenvalue weighted by Crippen LogP contribution is 2.32. The molecule has 1 atom stereocenters. The Morgan fingerprint density at radius 1 is 1.28 bits per heavy atom. The summed E-state index contributed by atoms with van der Waals surface area (Å²) >= 11 is 9.70. The molecule has 1 heterocycles. The second-order valence-electron chi connectivity index (χ2n) is 7.83. The van der Waals surface area contributed by atoms with Crippen molar-refractivity contribution in [2.45, 2.75) is 44.9 Å². The van der Waals surface area contributed by atoms with E-state index < -0.39 is 15.9 Å². The summed E-state index contributed by atoms with van der Waals surface area (Å²) in [4.78, 5) is 13.2. The van der Waals surface area contributed by atoms with Gasteiger partial charge < -0.3 is 10.1 Å². The highest BCUT2D eigenvalue weighted by Gasteiger charge is 2.34. The van der Waals surface area contributed by atoms with Crippen LogP contribution in [-0.4, -0.2) is 38.3 Å². The number of aryl methyl sites for hydroxylation is 2. The smallest absolute Gasteiger partial charge is 0.243 e. The minimum Gasteiger partial charge on any atom is -0.492 e. The van der Waals surface area contributed by atoms with Crippen LogP contribution in [0.1, 0.15) is 37.8 Å². The Labute approximate surface area is 203 Å². The maximum Gasteiger partial charge on any atom is 0.243 e. The number of carbonyl (C=O) groups excluding carboxylic acids is 1. The van der Waals surface area contributed by atoms with Crippen LogP contribution in [0.25, 0.3) is 0 Å². The van der Waals surface area contributed by atoms with Gasteiger partial charge >= 0.3 is 0 Å². The molecule has 0 spiro atoms. The van der Waals surface area contributed by atoms with Gasteiger partial charge in [-0.05, 0) is 74.6 Å². The van der Waals surface area contributed by atoms with Crippen LogP contribution in [0.3, 0.4) is 0 Å². The predicted octanol–water partition coefficient (Wildman–Crippen LogP) is 5.41. The Kier molecular flexibility index (Phi) is 8.25. The zero-order valence-electron chi connectivity index (χ0n) is 18.5. The Morgan fingerprint density at radius 3 is 2.69 bits per heavy atom. The van der Waals surface area contributed by atoms with Crippen LogP contribution < -0.4 is 10.1 Å². The lowest BCUT2D eigenvalue weighted by molar-refractivity contribution is -0.120. The molecule has 1 saturated heterocycles. The summed E-state index contributed by atoms with van der Waals surface area (Å²) in [6.45, 7) is 6.76. The van der Waals surface area contributed by atoms with Crippen molar-refractivity contribution in [2.24, 2.45) is 5.92 Å². The molecule has 1 N–H and O–H groups in total. The van der Waals surface area contributed by atoms with E-state index in [1.807, 2.05) is 32.9 Å². The number of carbonyl (C=O) groups is 1. The fraction of sp³-hybridized carbons (Fsp3) is 0.435. The van der Waals surface area contributed by atoms with Gasteiger partial charge in [-0.1, -0.05) is 34.5 Å². The van der Waals surface area contributed by atoms with E-state index in [-0.39, 0.29) is 22.4 Å². The van der Waals surface area contributed by atoms with E-state index in [1.54, 1.807) is 6.07 Å². The Balaban J connectivity index is 1.78. The monoisotopic (exact) mass is 542 g/mol. The van der Waals surface area contributed by atoms with Gasteiger partial charge in [-0.2, -0.15) is 4.31 Å². The first-order chi connectivity index (χ1) is 15.2. The maximum atomic E-state index is 13.2. The number of rotatable bonds is 7. The molecule has 174 valence electrons. The third-order valence-corrected chi connectivity index (χ3v) is 8.22. The molecule has 0 aromatic heterocycles. The second kappa shape index (κ2) is 10.5. The molecule has 0 saturated carbocycles. The number of sulfonamides is 1. The Morgan fingerprint density at radius 2 is 2.03 bits per heavy atom. The van der Waals surface area contributed by atoms with E-state index in [1.165, 1.54) is 16.4 Å². The minimum atomic E-state index is -3.78. The van der Waals surface area contributed by atoms with E-state index in [4.69, 9.17) is 16.3 Å². The lowest BCUT2D eigenvalue weighted by atomic mass is 9.98. The number of nitrogens with one attached hydrogen (secondary N) is 1. The number of hydrogen-bond donors (Lipinski definition) is 1. The van der Waals surface area contributed by atoms with E-state index in [2.05, 4.69) is 21.2 Å². The summed E-state index contributed by atoms with van der Waals surface area (Å²) in [5.41, 5.74) is 2.81. The molecular formula is C23H28BrClN2O4S. The molecule has 2 aromatic carbocycles. The average molecular weight is 544 g/mol. The zero-order valence-corrected chi connectivity index (χ0v) is 21.6. The van der Waals surface area contributed by atoms with Crippen molar-refractivity contribution < 1.29 is 17.9 Å². The molecule has 3 rings (SSSR count). The highest BCUT2D eigenvalue weighted by molar-refractivity contribution is 9.10. The molecular weight excluding hydrogens is 516 g/mol. The van der Waals surface area contributed by atoms with Gasteiger partial charge in [0.05, 0.1) is 22.4 Å². The summed E-state index contributed by atoms with van der Waals surface area (Å²) in [5.74, 6) is -0.139. The number of piperidine rings is 1. The van der Waals surface area contributed by atoms with Crippen LogP contribution in [0.4, 0.5) is 5.69 Å². The molecule has 6 nitrogen and oxygen atoms in total. The number of amides is 1. The molecule has 1 aliphatic heterocycles. The van der Waals surface area contributed by atoms with E-state index in [0.717, 1.165) is 27.7 Å². The van der Waals surface area contributed by atoms with E-state index in [9.17, 15) is 13.2 Å². The van der Waals surface area contributed by atoms with Crippen molar-refractivity contribution in [2.75, 3.05) is 25.0 Å². The number of halogens is 2. The molecule has 0 bridgehead atoms. The molecule has 0 aliphatic carbocycles. The summed E-state index contributed by atoms with van der Waals surface area (Å²) in [6.07, 6.45) is 2.03. The topological polar surface area (TPSA) is 75.7 Å². The summed E-state index contributed by atoms with van der Waals surface area (Å²) in [6, 6.07) is 8.42. The molecule has 1 aliphatic rings. The highest BCUT2D eigenvalue weighted by atomic mass is 79.9. The van der Waals surface area contributed by atoms with Crippen molar-refractivity contribution in [3.05, 3.63) is 51.0 Å². The number of benzene rings is 2. The number of nitrogens with zero attached hydrogens (tertiary/aromatic N) is 1. The van der Waals surface area contributed by atoms with Crippen molar-refractivity contribution in [3.8, 4) is 5.75 Å². The standard InChI is InChI=1S/C23H28BrClN2O4S/c1-4-16-12-18(24)11-15(3)22(16)26-23(28)17-7-6-10-27(14-17)32(29,30)19-8-9-21(31-5-2)20(25)13-19/h8-9,11-13,17H,4-7,10,14H2,1-3H3,(H,26,28). The predicted molar refractivity (Wildman–Crippen MR) is 131 cm³/mol. The third-order valence-electron chi connectivity index (χ3n) is 5.61. The van der Waals surface area contributed by atoms with Crippen LogP contribution in [0, 0.1) is 12.8 Å². The summed E-state index contributed by atoms with van der Waals surface area (Å²) < 4.78 is 34.2. The van der Waals surface area contributed by atoms with E-state index in [0.29, 0.717) is 31.7 Å². The van der Waals surface area contributed by atoms with Gasteiger partial charge in [-0.3, -0.25) is 4.79 Å². The maximum absolute atomic E-state index is 13.2. The third kappa shape index (κ3) is 5.47. The van der Waals surface area contributed by atoms with Crippen molar-refractivity contribution >= 4 is 49.1 Å². The van der Waals surface area contributed by atoms with Gasteiger partial charge in [0.25, 0.3) is 0 Å². The van der Waals surface area contributed by atoms with Gasteiger partial charge in [0.1, 0.15) is 5.75 Å². The van der Waals surface area contributed by atoms with Crippen LogP contribution >= 0.6 is 27.5 Å². The largest absolute Gasteiger partial charge is 0.492 e. The summed E-state index contributed by atoms with van der Waals surface area (Å²) in [5, 5.41) is 3.30. The van der Waals surface area contributed by atoms with Gasteiger partial charge in [0.15, 0.2) is 0 Å². The fourth-order valence-electron chi connectivity index (χ4n) is 3.93. The first-order valence-electron chi connectivity index (χ1n) is 10.7. The van der Waals surface area contributed by atoms with Gasteiger partial charge in [-0.15, -0.1) is 0 Å². The first kappa shape index (κ1) is 25.0. The lowest BCUT2D eigenvalue weighted by Gasteiger charge is -2.31. The van der Waals surface area contributed by atoms with Gasteiger partial charge in [0, 0.05) is 23.2 Å². The van der Waals surface area contributed by atoms with Crippen LogP contribution in [0.5, 0.6) is 5.75 Å². The minimum absolute atomic E-state index is 0.101. The molecule has 2 aromatic rings. The molecule has 32 heavy (non-hydrogen) atoms. The normalized spacial score (nSPS) is 17.2. The zero-order chi connectivity index (χ0) is 23.5. The van der Waals surface area contributed by atoms with E-state index >= 15 is 0 Å². The average Bonchev–Trinajstić information content (AvgIpc) is 2.76. The van der Waals surface area contributed by atoms with Crippen LogP contribution in [0.2, 0.25) is 5.02 Å². The Bertz CT molecular complexity index is 1110. The lowest BCUT2D eigenvalue weighted by Crippen LogP contribution is -2.43.